The molecular weight excluding hydrogens is 474 g/mol. The molecule has 0 spiro atoms. The molecule has 0 saturated heterocycles. The Morgan fingerprint density at radius 3 is 2.49 bits per heavy atom. The number of aryl methyl sites for hydroxylation is 2. The molecule has 9 nitrogen and oxygen atoms in total. The van der Waals surface area contributed by atoms with Gasteiger partial charge in [0.2, 0.25) is 0 Å². The van der Waals surface area contributed by atoms with Crippen LogP contribution in [-0.4, -0.2) is 40.1 Å². The van der Waals surface area contributed by atoms with Gasteiger partial charge < -0.3 is 23.7 Å². The first-order chi connectivity index (χ1) is 16.7. The molecule has 1 N–H and O–H groups in total. The molecule has 1 amide bonds. The van der Waals surface area contributed by atoms with E-state index in [0.29, 0.717) is 36.0 Å². The number of rotatable bonds is 7. The van der Waals surface area contributed by atoms with Crippen LogP contribution in [0.1, 0.15) is 21.5 Å². The number of para-hydroxylation sites is 1. The summed E-state index contributed by atoms with van der Waals surface area (Å²) in [7, 11) is -4.21. The predicted molar refractivity (Wildman–Crippen MR) is 127 cm³/mol. The first-order valence-corrected chi connectivity index (χ1v) is 12.1. The standard InChI is InChI=1S/C25H23NO8S/c1-16-7-8-17(2)23(13-16)35(29,30)34-20-6-4-3-5-19(20)25(28)33-15-24(27)26-18-9-10-21-22(14-18)32-12-11-31-21/h3-10,13-14H,11-12,15H2,1-2H3,(H,26,27). The number of benzene rings is 3. The quantitative estimate of drug-likeness (QED) is 0.388. The zero-order valence-electron chi connectivity index (χ0n) is 19.1. The lowest BCUT2D eigenvalue weighted by atomic mass is 10.2. The molecule has 0 bridgehead atoms. The van der Waals surface area contributed by atoms with Crippen molar-refractivity contribution in [2.24, 2.45) is 0 Å². The van der Waals surface area contributed by atoms with E-state index in [-0.39, 0.29) is 16.2 Å². The fraction of sp³-hybridized carbons (Fsp3) is 0.200. The second-order valence-electron chi connectivity index (χ2n) is 7.79. The van der Waals surface area contributed by atoms with Crippen molar-refractivity contribution in [2.75, 3.05) is 25.1 Å². The van der Waals surface area contributed by atoms with Crippen LogP contribution in [0.15, 0.2) is 65.6 Å². The molecule has 0 saturated carbocycles. The van der Waals surface area contributed by atoms with Gasteiger partial charge in [0.25, 0.3) is 5.91 Å². The molecule has 0 unspecified atom stereocenters. The van der Waals surface area contributed by atoms with Crippen molar-refractivity contribution in [3.63, 3.8) is 0 Å². The summed E-state index contributed by atoms with van der Waals surface area (Å²) in [5.74, 6) is -0.619. The SMILES string of the molecule is Cc1ccc(C)c(S(=O)(=O)Oc2ccccc2C(=O)OCC(=O)Nc2ccc3c(c2)OCCO3)c1. The lowest BCUT2D eigenvalue weighted by Crippen LogP contribution is -2.22. The van der Waals surface area contributed by atoms with Crippen molar-refractivity contribution < 1.29 is 36.4 Å². The van der Waals surface area contributed by atoms with Gasteiger partial charge >= 0.3 is 16.1 Å². The Morgan fingerprint density at radius 1 is 0.943 bits per heavy atom. The zero-order chi connectivity index (χ0) is 25.0. The highest BCUT2D eigenvalue weighted by atomic mass is 32.2. The highest BCUT2D eigenvalue weighted by molar-refractivity contribution is 7.87. The normalized spacial score (nSPS) is 12.5. The number of carbonyl (C=O) groups is 2. The topological polar surface area (TPSA) is 117 Å². The Morgan fingerprint density at radius 2 is 1.69 bits per heavy atom. The number of esters is 1. The van der Waals surface area contributed by atoms with Gasteiger partial charge in [-0.3, -0.25) is 4.79 Å². The molecule has 182 valence electrons. The smallest absolute Gasteiger partial charge is 0.342 e. The maximum Gasteiger partial charge on any atom is 0.342 e. The van der Waals surface area contributed by atoms with Crippen molar-refractivity contribution in [1.29, 1.82) is 0 Å². The van der Waals surface area contributed by atoms with E-state index in [1.165, 1.54) is 30.3 Å². The van der Waals surface area contributed by atoms with Crippen molar-refractivity contribution in [1.82, 2.24) is 0 Å². The average Bonchev–Trinajstić information content (AvgIpc) is 2.84. The Bertz CT molecular complexity index is 1380. The van der Waals surface area contributed by atoms with Crippen LogP contribution >= 0.6 is 0 Å². The van der Waals surface area contributed by atoms with Crippen molar-refractivity contribution in [2.45, 2.75) is 18.7 Å². The molecule has 3 aromatic rings. The Balaban J connectivity index is 1.42. The molecule has 0 aliphatic carbocycles. The summed E-state index contributed by atoms with van der Waals surface area (Å²) in [5, 5.41) is 2.61. The van der Waals surface area contributed by atoms with Crippen molar-refractivity contribution in [3.05, 3.63) is 77.4 Å². The number of amides is 1. The van der Waals surface area contributed by atoms with Gasteiger partial charge in [-0.25, -0.2) is 4.79 Å². The fourth-order valence-electron chi connectivity index (χ4n) is 3.37. The number of carbonyl (C=O) groups excluding carboxylic acids is 2. The average molecular weight is 498 g/mol. The molecule has 0 fully saturated rings. The Labute approximate surface area is 202 Å². The molecule has 3 aromatic carbocycles. The summed E-state index contributed by atoms with van der Waals surface area (Å²) in [6.45, 7) is 3.68. The number of fused-ring (bicyclic) bond motifs is 1. The fourth-order valence-corrected chi connectivity index (χ4v) is 4.64. The highest BCUT2D eigenvalue weighted by Crippen LogP contribution is 2.32. The van der Waals surface area contributed by atoms with Gasteiger partial charge in [0.1, 0.15) is 23.7 Å². The molecule has 0 aromatic heterocycles. The molecule has 35 heavy (non-hydrogen) atoms. The maximum atomic E-state index is 12.9. The summed E-state index contributed by atoms with van der Waals surface area (Å²) in [6, 6.07) is 15.6. The maximum absolute atomic E-state index is 12.9. The van der Waals surface area contributed by atoms with Gasteiger partial charge in [-0.05, 0) is 55.3 Å². The zero-order valence-corrected chi connectivity index (χ0v) is 19.9. The van der Waals surface area contributed by atoms with Gasteiger partial charge in [-0.15, -0.1) is 0 Å². The molecule has 1 aliphatic heterocycles. The van der Waals surface area contributed by atoms with E-state index in [1.54, 1.807) is 44.2 Å². The molecule has 0 radical (unpaired) electrons. The molecule has 0 atom stereocenters. The summed E-state index contributed by atoms with van der Waals surface area (Å²) in [6.07, 6.45) is 0. The minimum absolute atomic E-state index is 0.000484. The van der Waals surface area contributed by atoms with E-state index in [4.69, 9.17) is 18.4 Å². The van der Waals surface area contributed by atoms with Gasteiger partial charge in [-0.2, -0.15) is 8.42 Å². The molecule has 4 rings (SSSR count). The summed E-state index contributed by atoms with van der Waals surface area (Å²) in [5.41, 5.74) is 1.56. The van der Waals surface area contributed by atoms with E-state index in [0.717, 1.165) is 5.56 Å². The van der Waals surface area contributed by atoms with Gasteiger partial charge in [0, 0.05) is 11.8 Å². The van der Waals surface area contributed by atoms with E-state index in [9.17, 15) is 18.0 Å². The van der Waals surface area contributed by atoms with Crippen LogP contribution in [0, 0.1) is 13.8 Å². The minimum Gasteiger partial charge on any atom is -0.486 e. The van der Waals surface area contributed by atoms with Crippen LogP contribution < -0.4 is 19.0 Å². The van der Waals surface area contributed by atoms with E-state index in [2.05, 4.69) is 5.32 Å². The van der Waals surface area contributed by atoms with Crippen LogP contribution in [0.2, 0.25) is 0 Å². The second kappa shape index (κ2) is 10.1. The van der Waals surface area contributed by atoms with Crippen LogP contribution in [0.25, 0.3) is 0 Å². The number of nitrogens with one attached hydrogen (secondary N) is 1. The molecule has 10 heteroatoms. The summed E-state index contributed by atoms with van der Waals surface area (Å²) < 4.78 is 47.0. The van der Waals surface area contributed by atoms with Crippen LogP contribution in [0.4, 0.5) is 5.69 Å². The second-order valence-corrected chi connectivity index (χ2v) is 9.30. The lowest BCUT2D eigenvalue weighted by Gasteiger charge is -2.19. The summed E-state index contributed by atoms with van der Waals surface area (Å²) >= 11 is 0. The first kappa shape index (κ1) is 24.1. The van der Waals surface area contributed by atoms with E-state index >= 15 is 0 Å². The van der Waals surface area contributed by atoms with Crippen LogP contribution in [-0.2, 0) is 19.6 Å². The largest absolute Gasteiger partial charge is 0.486 e. The van der Waals surface area contributed by atoms with Crippen molar-refractivity contribution >= 4 is 27.7 Å². The number of hydrogen-bond donors (Lipinski definition) is 1. The number of ether oxygens (including phenoxy) is 3. The molecular formula is C25H23NO8S. The molecule has 1 heterocycles. The monoisotopic (exact) mass is 497 g/mol. The van der Waals surface area contributed by atoms with Crippen LogP contribution in [0.5, 0.6) is 17.2 Å². The van der Waals surface area contributed by atoms with E-state index < -0.39 is 28.6 Å². The van der Waals surface area contributed by atoms with Crippen molar-refractivity contribution in [3.8, 4) is 17.2 Å². The van der Waals surface area contributed by atoms with Gasteiger partial charge in [0.05, 0.1) is 0 Å². The third kappa shape index (κ3) is 5.72. The lowest BCUT2D eigenvalue weighted by molar-refractivity contribution is -0.119. The predicted octanol–water partition coefficient (Wildman–Crippen LogP) is 3.64. The molecule has 1 aliphatic rings. The van der Waals surface area contributed by atoms with Gasteiger partial charge in [0.15, 0.2) is 23.9 Å². The van der Waals surface area contributed by atoms with Gasteiger partial charge in [-0.1, -0.05) is 24.3 Å². The highest BCUT2D eigenvalue weighted by Gasteiger charge is 2.24. The minimum atomic E-state index is -4.21. The third-order valence-corrected chi connectivity index (χ3v) is 6.46. The number of anilines is 1. The summed E-state index contributed by atoms with van der Waals surface area (Å²) in [4.78, 5) is 24.9. The Hall–Kier alpha value is -4.05. The Kier molecular flexibility index (Phi) is 6.92. The first-order valence-electron chi connectivity index (χ1n) is 10.7. The third-order valence-electron chi connectivity index (χ3n) is 5.08. The van der Waals surface area contributed by atoms with E-state index in [1.807, 2.05) is 0 Å². The van der Waals surface area contributed by atoms with Crippen LogP contribution in [0.3, 0.4) is 0 Å². The number of hydrogen-bond acceptors (Lipinski definition) is 8.